The minimum absolute atomic E-state index is 0.000964. The van der Waals surface area contributed by atoms with Crippen molar-refractivity contribution >= 4 is 5.91 Å². The minimum atomic E-state index is 0.000964. The van der Waals surface area contributed by atoms with Gasteiger partial charge >= 0.3 is 0 Å². The zero-order chi connectivity index (χ0) is 17.6. The van der Waals surface area contributed by atoms with E-state index in [0.29, 0.717) is 31.9 Å². The fourth-order valence-electron chi connectivity index (χ4n) is 2.96. The Morgan fingerprint density at radius 3 is 2.96 bits per heavy atom. The zero-order valence-corrected chi connectivity index (χ0v) is 14.8. The molecule has 7 nitrogen and oxygen atoms in total. The van der Waals surface area contributed by atoms with Crippen LogP contribution in [0.25, 0.3) is 0 Å². The summed E-state index contributed by atoms with van der Waals surface area (Å²) in [5.74, 6) is 0.213. The van der Waals surface area contributed by atoms with Crippen LogP contribution in [0.15, 0.2) is 36.8 Å². The molecule has 1 aliphatic heterocycles. The van der Waals surface area contributed by atoms with Crippen molar-refractivity contribution in [3.8, 4) is 0 Å². The van der Waals surface area contributed by atoms with E-state index >= 15 is 0 Å². The summed E-state index contributed by atoms with van der Waals surface area (Å²) in [6, 6.07) is 5.57. The van der Waals surface area contributed by atoms with Gasteiger partial charge in [0, 0.05) is 44.1 Å². The average Bonchev–Trinajstić information content (AvgIpc) is 2.97. The van der Waals surface area contributed by atoms with Crippen LogP contribution in [-0.4, -0.2) is 70.9 Å². The van der Waals surface area contributed by atoms with Crippen molar-refractivity contribution in [3.05, 3.63) is 48.0 Å². The van der Waals surface area contributed by atoms with Crippen molar-refractivity contribution in [2.45, 2.75) is 13.1 Å². The summed E-state index contributed by atoms with van der Waals surface area (Å²) in [5.41, 5.74) is 1.66. The second kappa shape index (κ2) is 8.22. The zero-order valence-electron chi connectivity index (χ0n) is 14.8. The van der Waals surface area contributed by atoms with E-state index in [1.165, 1.54) is 0 Å². The number of aromatic nitrogens is 3. The Morgan fingerprint density at radius 1 is 1.32 bits per heavy atom. The van der Waals surface area contributed by atoms with E-state index in [9.17, 15) is 4.79 Å². The summed E-state index contributed by atoms with van der Waals surface area (Å²) in [4.78, 5) is 20.9. The van der Waals surface area contributed by atoms with Crippen LogP contribution in [0.4, 0.5) is 0 Å². The van der Waals surface area contributed by atoms with Crippen molar-refractivity contribution in [2.75, 3.05) is 40.4 Å². The molecule has 1 atom stereocenters. The monoisotopic (exact) mass is 343 g/mol. The molecule has 134 valence electrons. The molecule has 0 radical (unpaired) electrons. The van der Waals surface area contributed by atoms with Gasteiger partial charge in [-0.25, -0.2) is 0 Å². The summed E-state index contributed by atoms with van der Waals surface area (Å²) in [6.45, 7) is 4.16. The molecular formula is C18H25N5O2. The molecule has 0 fully saturated rings. The Hall–Kier alpha value is -2.25. The minimum Gasteiger partial charge on any atom is -0.380 e. The maximum absolute atomic E-state index is 12.9. The molecule has 0 bridgehead atoms. The third-order valence-electron chi connectivity index (χ3n) is 4.30. The first kappa shape index (κ1) is 17.6. The number of pyridine rings is 1. The summed E-state index contributed by atoms with van der Waals surface area (Å²) >= 11 is 0. The molecule has 2 aromatic heterocycles. The molecule has 1 aliphatic rings. The lowest BCUT2D eigenvalue weighted by atomic mass is 10.1. The number of hydrogen-bond acceptors (Lipinski definition) is 5. The van der Waals surface area contributed by atoms with Crippen LogP contribution in [0.2, 0.25) is 0 Å². The predicted molar refractivity (Wildman–Crippen MR) is 94.1 cm³/mol. The largest absolute Gasteiger partial charge is 0.380 e. The highest BCUT2D eigenvalue weighted by Crippen LogP contribution is 2.18. The quantitative estimate of drug-likeness (QED) is 0.736. The first-order valence-corrected chi connectivity index (χ1v) is 8.56. The molecule has 7 heteroatoms. The Balaban J connectivity index is 1.69. The van der Waals surface area contributed by atoms with Gasteiger partial charge in [-0.2, -0.15) is 5.10 Å². The van der Waals surface area contributed by atoms with E-state index < -0.39 is 0 Å². The maximum Gasteiger partial charge on any atom is 0.255 e. The van der Waals surface area contributed by atoms with Gasteiger partial charge in [-0.3, -0.25) is 14.5 Å². The lowest BCUT2D eigenvalue weighted by molar-refractivity contribution is 0.0560. The number of carbonyl (C=O) groups is 1. The molecule has 25 heavy (non-hydrogen) atoms. The second-order valence-electron chi connectivity index (χ2n) is 6.68. The molecule has 0 saturated heterocycles. The Labute approximate surface area is 148 Å². The SMILES string of the molecule is CN(C)CCOC[C@H]1CN(C(=O)c2cccnc2)Cc2ccnn2C1. The summed E-state index contributed by atoms with van der Waals surface area (Å²) in [6.07, 6.45) is 5.08. The first-order valence-electron chi connectivity index (χ1n) is 8.56. The number of fused-ring (bicyclic) bond motifs is 1. The number of ether oxygens (including phenoxy) is 1. The average molecular weight is 343 g/mol. The number of rotatable bonds is 6. The molecule has 0 aromatic carbocycles. The predicted octanol–water partition coefficient (Wildman–Crippen LogP) is 1.13. The summed E-state index contributed by atoms with van der Waals surface area (Å²) in [5, 5.41) is 4.39. The van der Waals surface area contributed by atoms with E-state index in [4.69, 9.17) is 4.74 Å². The van der Waals surface area contributed by atoms with Crippen molar-refractivity contribution < 1.29 is 9.53 Å². The fourth-order valence-corrected chi connectivity index (χ4v) is 2.96. The van der Waals surface area contributed by atoms with Gasteiger partial charge in [0.1, 0.15) is 0 Å². The van der Waals surface area contributed by atoms with Crippen LogP contribution in [0.1, 0.15) is 16.1 Å². The fraction of sp³-hybridized carbons (Fsp3) is 0.500. The summed E-state index contributed by atoms with van der Waals surface area (Å²) < 4.78 is 7.81. The summed E-state index contributed by atoms with van der Waals surface area (Å²) in [7, 11) is 4.05. The van der Waals surface area contributed by atoms with Crippen LogP contribution in [-0.2, 0) is 17.8 Å². The van der Waals surface area contributed by atoms with Gasteiger partial charge in [0.05, 0.1) is 31.0 Å². The van der Waals surface area contributed by atoms with Crippen LogP contribution >= 0.6 is 0 Å². The van der Waals surface area contributed by atoms with Gasteiger partial charge in [-0.05, 0) is 32.3 Å². The van der Waals surface area contributed by atoms with E-state index in [-0.39, 0.29) is 11.8 Å². The highest BCUT2D eigenvalue weighted by Gasteiger charge is 2.26. The number of hydrogen-bond donors (Lipinski definition) is 0. The Kier molecular flexibility index (Phi) is 5.78. The molecule has 3 rings (SSSR count). The molecule has 0 spiro atoms. The van der Waals surface area contributed by atoms with Gasteiger partial charge in [0.2, 0.25) is 0 Å². The normalized spacial score (nSPS) is 17.4. The topological polar surface area (TPSA) is 63.5 Å². The molecule has 0 unspecified atom stereocenters. The smallest absolute Gasteiger partial charge is 0.255 e. The van der Waals surface area contributed by atoms with Crippen LogP contribution in [0.3, 0.4) is 0 Å². The molecular weight excluding hydrogens is 318 g/mol. The molecule has 0 aliphatic carbocycles. The van der Waals surface area contributed by atoms with E-state index in [1.54, 1.807) is 30.7 Å². The van der Waals surface area contributed by atoms with Crippen molar-refractivity contribution in [1.82, 2.24) is 24.6 Å². The highest BCUT2D eigenvalue weighted by molar-refractivity contribution is 5.93. The first-order chi connectivity index (χ1) is 12.1. The Bertz CT molecular complexity index is 686. The van der Waals surface area contributed by atoms with Crippen molar-refractivity contribution in [3.63, 3.8) is 0 Å². The third-order valence-corrected chi connectivity index (χ3v) is 4.30. The highest BCUT2D eigenvalue weighted by atomic mass is 16.5. The standard InChI is InChI=1S/C18H25N5O2/c1-21(2)8-9-25-14-15-11-22(13-17-5-7-20-23(17)12-15)18(24)16-4-3-6-19-10-16/h3-7,10,15H,8-9,11-14H2,1-2H3/t15-/m0/s1. The van der Waals surface area contributed by atoms with E-state index in [2.05, 4.69) is 15.0 Å². The molecule has 0 saturated carbocycles. The maximum atomic E-state index is 12.9. The molecule has 0 N–H and O–H groups in total. The van der Waals surface area contributed by atoms with Crippen molar-refractivity contribution in [1.29, 1.82) is 0 Å². The lowest BCUT2D eigenvalue weighted by Gasteiger charge is -2.24. The van der Waals surface area contributed by atoms with Crippen molar-refractivity contribution in [2.24, 2.45) is 5.92 Å². The Morgan fingerprint density at radius 2 is 2.20 bits per heavy atom. The van der Waals surface area contributed by atoms with Gasteiger partial charge in [0.15, 0.2) is 0 Å². The van der Waals surface area contributed by atoms with Crippen LogP contribution in [0.5, 0.6) is 0 Å². The van der Waals surface area contributed by atoms with E-state index in [0.717, 1.165) is 18.8 Å². The van der Waals surface area contributed by atoms with Crippen LogP contribution < -0.4 is 0 Å². The second-order valence-corrected chi connectivity index (χ2v) is 6.68. The third kappa shape index (κ3) is 4.64. The number of carbonyl (C=O) groups excluding carboxylic acids is 1. The number of amides is 1. The van der Waals surface area contributed by atoms with Gasteiger partial charge in [0.25, 0.3) is 5.91 Å². The van der Waals surface area contributed by atoms with Crippen LogP contribution in [0, 0.1) is 5.92 Å². The molecule has 1 amide bonds. The number of likely N-dealkylation sites (N-methyl/N-ethyl adjacent to an activating group) is 1. The molecule has 2 aromatic rings. The van der Waals surface area contributed by atoms with Gasteiger partial charge in [-0.1, -0.05) is 0 Å². The lowest BCUT2D eigenvalue weighted by Crippen LogP contribution is -2.35. The number of nitrogens with zero attached hydrogens (tertiary/aromatic N) is 5. The van der Waals surface area contributed by atoms with Gasteiger partial charge < -0.3 is 14.5 Å². The van der Waals surface area contributed by atoms with E-state index in [1.807, 2.05) is 29.7 Å². The van der Waals surface area contributed by atoms with Gasteiger partial charge in [-0.15, -0.1) is 0 Å². The molecule has 3 heterocycles.